The van der Waals surface area contributed by atoms with Crippen LogP contribution in [0.5, 0.6) is 0 Å². The van der Waals surface area contributed by atoms with Gasteiger partial charge < -0.3 is 4.90 Å². The van der Waals surface area contributed by atoms with Gasteiger partial charge in [-0.3, -0.25) is 0 Å². The first kappa shape index (κ1) is 13.1. The van der Waals surface area contributed by atoms with Crippen LogP contribution >= 0.6 is 0 Å². The van der Waals surface area contributed by atoms with Crippen LogP contribution in [0.15, 0.2) is 47.5 Å². The summed E-state index contributed by atoms with van der Waals surface area (Å²) in [6, 6.07) is 10.9. The summed E-state index contributed by atoms with van der Waals surface area (Å²) in [5.74, 6) is 0.990. The highest BCUT2D eigenvalue weighted by molar-refractivity contribution is 7.72. The van der Waals surface area contributed by atoms with E-state index in [4.69, 9.17) is 0 Å². The van der Waals surface area contributed by atoms with Gasteiger partial charge in [-0.05, 0) is 42.7 Å². The molecule has 1 aromatic carbocycles. The normalized spacial score (nSPS) is 14.9. The van der Waals surface area contributed by atoms with Gasteiger partial charge in [0.05, 0.1) is 4.90 Å². The zero-order chi connectivity index (χ0) is 13.9. The molecule has 1 aliphatic rings. The summed E-state index contributed by atoms with van der Waals surface area (Å²) in [4.78, 5) is 7.13. The minimum Gasteiger partial charge on any atom is -0.356 e. The fourth-order valence-electron chi connectivity index (χ4n) is 2.57. The lowest BCUT2D eigenvalue weighted by Gasteiger charge is -2.19. The number of thiol groups is 1. The molecule has 0 aliphatic carbocycles. The lowest BCUT2D eigenvalue weighted by Crippen LogP contribution is -2.19. The Kier molecular flexibility index (Phi) is 3.69. The molecule has 1 saturated heterocycles. The summed E-state index contributed by atoms with van der Waals surface area (Å²) in [7, 11) is -2.52. The van der Waals surface area contributed by atoms with Crippen molar-refractivity contribution in [2.75, 3.05) is 18.0 Å². The summed E-state index contributed by atoms with van der Waals surface area (Å²) >= 11 is 0. The third-order valence-corrected chi connectivity index (χ3v) is 4.30. The quantitative estimate of drug-likeness (QED) is 0.881. The van der Waals surface area contributed by atoms with Gasteiger partial charge in [0.15, 0.2) is 10.7 Å². The van der Waals surface area contributed by atoms with E-state index in [-0.39, 0.29) is 0 Å². The van der Waals surface area contributed by atoms with Gasteiger partial charge in [-0.2, -0.15) is 0 Å². The standard InChI is InChI=1S/C15H16N2O2S/c18-20(19)13-7-5-12(6-8-13)14-4-3-9-16-15(14)17-10-1-2-11-17/h3-9,20H,1-2,10-11H2. The van der Waals surface area contributed by atoms with Crippen molar-refractivity contribution in [2.24, 2.45) is 0 Å². The molecule has 20 heavy (non-hydrogen) atoms. The second-order valence-corrected chi connectivity index (χ2v) is 5.90. The molecular weight excluding hydrogens is 272 g/mol. The van der Waals surface area contributed by atoms with Gasteiger partial charge in [-0.25, -0.2) is 13.4 Å². The van der Waals surface area contributed by atoms with Gasteiger partial charge in [0.25, 0.3) is 0 Å². The van der Waals surface area contributed by atoms with Crippen LogP contribution in [-0.2, 0) is 10.7 Å². The topological polar surface area (TPSA) is 50.3 Å². The van der Waals surface area contributed by atoms with Crippen LogP contribution in [0, 0.1) is 0 Å². The van der Waals surface area contributed by atoms with Crippen LogP contribution < -0.4 is 4.90 Å². The lowest BCUT2D eigenvalue weighted by atomic mass is 10.1. The van der Waals surface area contributed by atoms with Crippen molar-refractivity contribution in [2.45, 2.75) is 17.7 Å². The van der Waals surface area contributed by atoms with Crippen molar-refractivity contribution in [3.8, 4) is 11.1 Å². The summed E-state index contributed by atoms with van der Waals surface area (Å²) in [6.45, 7) is 2.07. The van der Waals surface area contributed by atoms with Crippen LogP contribution in [0.1, 0.15) is 12.8 Å². The maximum absolute atomic E-state index is 10.9. The fourth-order valence-corrected chi connectivity index (χ4v) is 2.96. The van der Waals surface area contributed by atoms with Gasteiger partial charge in [-0.15, -0.1) is 0 Å². The number of hydrogen-bond acceptors (Lipinski definition) is 4. The number of pyridine rings is 1. The van der Waals surface area contributed by atoms with Gasteiger partial charge in [0.2, 0.25) is 0 Å². The van der Waals surface area contributed by atoms with Crippen LogP contribution in [-0.4, -0.2) is 26.5 Å². The largest absolute Gasteiger partial charge is 0.356 e. The minimum absolute atomic E-state index is 0.343. The molecule has 3 rings (SSSR count). The average Bonchev–Trinajstić information content (AvgIpc) is 3.01. The van der Waals surface area contributed by atoms with E-state index in [1.807, 2.05) is 24.3 Å². The summed E-state index contributed by atoms with van der Waals surface area (Å²) in [6.07, 6.45) is 4.21. The van der Waals surface area contributed by atoms with Crippen molar-refractivity contribution in [3.05, 3.63) is 42.6 Å². The molecule has 5 heteroatoms. The Morgan fingerprint density at radius 2 is 1.70 bits per heavy atom. The molecule has 2 heterocycles. The fraction of sp³-hybridized carbons (Fsp3) is 0.267. The maximum Gasteiger partial charge on any atom is 0.168 e. The lowest BCUT2D eigenvalue weighted by molar-refractivity contribution is 0.614. The van der Waals surface area contributed by atoms with E-state index in [0.717, 1.165) is 30.0 Å². The zero-order valence-electron chi connectivity index (χ0n) is 11.0. The third-order valence-electron chi connectivity index (χ3n) is 3.58. The van der Waals surface area contributed by atoms with E-state index in [2.05, 4.69) is 9.88 Å². The second kappa shape index (κ2) is 5.63. The number of anilines is 1. The zero-order valence-corrected chi connectivity index (χ0v) is 11.9. The highest BCUT2D eigenvalue weighted by atomic mass is 32.2. The van der Waals surface area contributed by atoms with Gasteiger partial charge in [0, 0.05) is 24.8 Å². The first-order valence-corrected chi connectivity index (χ1v) is 7.88. The molecule has 0 bridgehead atoms. The van der Waals surface area contributed by atoms with Gasteiger partial charge >= 0.3 is 0 Å². The summed E-state index contributed by atoms with van der Waals surface area (Å²) < 4.78 is 21.9. The Morgan fingerprint density at radius 3 is 2.35 bits per heavy atom. The Labute approximate surface area is 120 Å². The minimum atomic E-state index is -2.52. The number of benzene rings is 1. The van der Waals surface area contributed by atoms with Crippen molar-refractivity contribution in [1.29, 1.82) is 0 Å². The molecule has 0 spiro atoms. The Bertz CT molecular complexity index is 667. The van der Waals surface area contributed by atoms with Gasteiger partial charge in [0.1, 0.15) is 5.82 Å². The number of nitrogens with zero attached hydrogens (tertiary/aromatic N) is 2. The molecule has 4 nitrogen and oxygen atoms in total. The van der Waals surface area contributed by atoms with Crippen molar-refractivity contribution < 1.29 is 8.42 Å². The highest BCUT2D eigenvalue weighted by Crippen LogP contribution is 2.30. The Morgan fingerprint density at radius 1 is 1.00 bits per heavy atom. The summed E-state index contributed by atoms with van der Waals surface area (Å²) in [5.41, 5.74) is 2.06. The van der Waals surface area contributed by atoms with E-state index in [0.29, 0.717) is 4.90 Å². The molecule has 0 unspecified atom stereocenters. The molecule has 0 N–H and O–H groups in total. The maximum atomic E-state index is 10.9. The number of rotatable bonds is 3. The first-order valence-electron chi connectivity index (χ1n) is 6.70. The van der Waals surface area contributed by atoms with Crippen molar-refractivity contribution >= 4 is 16.5 Å². The highest BCUT2D eigenvalue weighted by Gasteiger charge is 2.17. The van der Waals surface area contributed by atoms with E-state index in [1.54, 1.807) is 18.3 Å². The second-order valence-electron chi connectivity index (χ2n) is 4.87. The SMILES string of the molecule is O=[SH](=O)c1ccc(-c2cccnc2N2CCCC2)cc1. The van der Waals surface area contributed by atoms with Crippen molar-refractivity contribution in [1.82, 2.24) is 4.98 Å². The Hall–Kier alpha value is -1.88. The van der Waals surface area contributed by atoms with Crippen LogP contribution in [0.3, 0.4) is 0 Å². The van der Waals surface area contributed by atoms with Crippen LogP contribution in [0.25, 0.3) is 11.1 Å². The molecule has 1 aromatic heterocycles. The molecule has 104 valence electrons. The third kappa shape index (κ3) is 2.54. The van der Waals surface area contributed by atoms with Crippen LogP contribution in [0.4, 0.5) is 5.82 Å². The predicted octanol–water partition coefficient (Wildman–Crippen LogP) is 2.32. The predicted molar refractivity (Wildman–Crippen MR) is 79.7 cm³/mol. The molecule has 1 aliphatic heterocycles. The molecule has 0 radical (unpaired) electrons. The molecule has 2 aromatic rings. The van der Waals surface area contributed by atoms with Crippen molar-refractivity contribution in [3.63, 3.8) is 0 Å². The van der Waals surface area contributed by atoms with E-state index < -0.39 is 10.7 Å². The smallest absolute Gasteiger partial charge is 0.168 e. The number of aromatic nitrogens is 1. The molecule has 0 atom stereocenters. The molecule has 1 fully saturated rings. The average molecular weight is 288 g/mol. The molecule has 0 amide bonds. The van der Waals surface area contributed by atoms with Gasteiger partial charge in [-0.1, -0.05) is 12.1 Å². The monoisotopic (exact) mass is 288 g/mol. The first-order chi connectivity index (χ1) is 9.75. The number of hydrogen-bond donors (Lipinski definition) is 1. The van der Waals surface area contributed by atoms with Crippen LogP contribution in [0.2, 0.25) is 0 Å². The summed E-state index contributed by atoms with van der Waals surface area (Å²) in [5, 5.41) is 0. The Balaban J connectivity index is 2.01. The van der Waals surface area contributed by atoms with E-state index in [9.17, 15) is 8.42 Å². The van der Waals surface area contributed by atoms with E-state index >= 15 is 0 Å². The van der Waals surface area contributed by atoms with E-state index in [1.165, 1.54) is 12.8 Å². The molecule has 0 saturated carbocycles. The molecular formula is C15H16N2O2S.